The number of carbonyl (C=O) groups is 1. The van der Waals surface area contributed by atoms with Gasteiger partial charge in [-0.1, -0.05) is 30.7 Å². The Kier molecular flexibility index (Phi) is 7.07. The largest absolute Gasteiger partial charge is 0.481 e. The van der Waals surface area contributed by atoms with Crippen molar-refractivity contribution in [3.8, 4) is 5.75 Å². The molecule has 1 aliphatic heterocycles. The smallest absolute Gasteiger partial charge is 0.261 e. The van der Waals surface area contributed by atoms with E-state index in [1.165, 1.54) is 18.5 Å². The van der Waals surface area contributed by atoms with Crippen LogP contribution in [0.3, 0.4) is 0 Å². The number of rotatable bonds is 6. The third kappa shape index (κ3) is 5.66. The molecule has 0 unspecified atom stereocenters. The summed E-state index contributed by atoms with van der Waals surface area (Å²) in [5.41, 5.74) is 3.27. The number of ether oxygens (including phenoxy) is 1. The van der Waals surface area contributed by atoms with Gasteiger partial charge in [0, 0.05) is 23.8 Å². The van der Waals surface area contributed by atoms with Crippen molar-refractivity contribution in [3.63, 3.8) is 0 Å². The normalized spacial score (nSPS) is 18.8. The molecule has 0 aromatic heterocycles. The minimum Gasteiger partial charge on any atom is -0.481 e. The second kappa shape index (κ2) is 9.53. The van der Waals surface area contributed by atoms with E-state index in [0.717, 1.165) is 30.1 Å². The highest BCUT2D eigenvalue weighted by Gasteiger charge is 2.19. The molecule has 1 fully saturated rings. The summed E-state index contributed by atoms with van der Waals surface area (Å²) in [6, 6.07) is 13.8. The molecule has 5 heteroatoms. The molecule has 1 aliphatic rings. The minimum atomic E-state index is -0.591. The first-order chi connectivity index (χ1) is 13.8. The zero-order valence-electron chi connectivity index (χ0n) is 17.7. The second-order valence-corrected chi connectivity index (χ2v) is 8.59. The van der Waals surface area contributed by atoms with Gasteiger partial charge in [0.1, 0.15) is 5.75 Å². The van der Waals surface area contributed by atoms with E-state index in [1.807, 2.05) is 19.9 Å². The molecule has 29 heavy (non-hydrogen) atoms. The molecule has 2 aromatic carbocycles. The van der Waals surface area contributed by atoms with Crippen molar-refractivity contribution in [1.82, 2.24) is 5.32 Å². The van der Waals surface area contributed by atoms with Crippen molar-refractivity contribution >= 4 is 23.2 Å². The third-order valence-electron chi connectivity index (χ3n) is 5.59. The summed E-state index contributed by atoms with van der Waals surface area (Å²) in [5, 5.41) is 3.73. The summed E-state index contributed by atoms with van der Waals surface area (Å²) in [5.74, 6) is 1.24. The molecular weight excluding hydrogens is 384 g/mol. The van der Waals surface area contributed by atoms with Gasteiger partial charge in [-0.05, 0) is 81.0 Å². The lowest BCUT2D eigenvalue weighted by Gasteiger charge is -2.33. The average molecular weight is 415 g/mol. The Bertz CT molecular complexity index is 837. The Morgan fingerprint density at radius 2 is 1.93 bits per heavy atom. The van der Waals surface area contributed by atoms with Crippen LogP contribution in [0.2, 0.25) is 5.02 Å². The Morgan fingerprint density at radius 1 is 1.21 bits per heavy atom. The van der Waals surface area contributed by atoms with Crippen LogP contribution in [0.5, 0.6) is 5.75 Å². The number of nitrogens with one attached hydrogen (secondary N) is 1. The Morgan fingerprint density at radius 3 is 2.59 bits per heavy atom. The minimum absolute atomic E-state index is 0.0881. The highest BCUT2D eigenvalue weighted by molar-refractivity contribution is 6.31. The quantitative estimate of drug-likeness (QED) is 0.675. The van der Waals surface area contributed by atoms with Gasteiger partial charge in [0.2, 0.25) is 0 Å². The number of hydrogen-bond donors (Lipinski definition) is 1. The van der Waals surface area contributed by atoms with E-state index in [-0.39, 0.29) is 11.9 Å². The van der Waals surface area contributed by atoms with E-state index < -0.39 is 6.10 Å². The molecule has 4 nitrogen and oxygen atoms in total. The van der Waals surface area contributed by atoms with E-state index in [9.17, 15) is 4.79 Å². The Hall–Kier alpha value is -2.20. The van der Waals surface area contributed by atoms with E-state index in [0.29, 0.717) is 10.8 Å². The zero-order chi connectivity index (χ0) is 21.0. The van der Waals surface area contributed by atoms with E-state index in [4.69, 9.17) is 16.3 Å². The van der Waals surface area contributed by atoms with Crippen molar-refractivity contribution in [3.05, 3.63) is 58.6 Å². The lowest BCUT2D eigenvalue weighted by Crippen LogP contribution is -2.37. The van der Waals surface area contributed by atoms with Gasteiger partial charge in [-0.2, -0.15) is 0 Å². The van der Waals surface area contributed by atoms with Gasteiger partial charge in [-0.3, -0.25) is 4.79 Å². The molecule has 0 bridgehead atoms. The molecule has 3 atom stereocenters. The molecule has 0 spiro atoms. The third-order valence-corrected chi connectivity index (χ3v) is 6.01. The van der Waals surface area contributed by atoms with Crippen LogP contribution in [0.15, 0.2) is 42.5 Å². The highest BCUT2D eigenvalue weighted by Crippen LogP contribution is 2.25. The van der Waals surface area contributed by atoms with Crippen LogP contribution in [0.25, 0.3) is 0 Å². The molecule has 3 rings (SSSR count). The number of halogens is 1. The first-order valence-corrected chi connectivity index (χ1v) is 10.8. The fourth-order valence-corrected chi connectivity index (χ4v) is 3.88. The number of benzene rings is 2. The summed E-state index contributed by atoms with van der Waals surface area (Å²) < 4.78 is 5.78. The van der Waals surface area contributed by atoms with Crippen molar-refractivity contribution in [1.29, 1.82) is 0 Å². The fraction of sp³-hybridized carbons (Fsp3) is 0.458. The van der Waals surface area contributed by atoms with Crippen molar-refractivity contribution in [2.75, 3.05) is 18.0 Å². The van der Waals surface area contributed by atoms with Crippen molar-refractivity contribution < 1.29 is 9.53 Å². The maximum Gasteiger partial charge on any atom is 0.261 e. The fourth-order valence-electron chi connectivity index (χ4n) is 3.76. The summed E-state index contributed by atoms with van der Waals surface area (Å²) in [7, 11) is 0. The highest BCUT2D eigenvalue weighted by atomic mass is 35.5. The van der Waals surface area contributed by atoms with Gasteiger partial charge in [0.05, 0.1) is 6.04 Å². The van der Waals surface area contributed by atoms with Gasteiger partial charge in [-0.25, -0.2) is 0 Å². The predicted molar refractivity (Wildman–Crippen MR) is 120 cm³/mol. The molecular formula is C24H31ClN2O2. The summed E-state index contributed by atoms with van der Waals surface area (Å²) in [6.45, 7) is 10.2. The van der Waals surface area contributed by atoms with Crippen LogP contribution in [-0.2, 0) is 4.79 Å². The van der Waals surface area contributed by atoms with Gasteiger partial charge in [-0.15, -0.1) is 0 Å². The number of nitrogens with zero attached hydrogens (tertiary/aromatic N) is 1. The number of piperidine rings is 1. The number of anilines is 1. The van der Waals surface area contributed by atoms with E-state index >= 15 is 0 Å². The standard InChI is InChI=1S/C24H31ClN2O2/c1-16-6-5-13-27(15-16)21-9-7-20(8-10-21)18(3)26-24(28)19(4)29-22-11-12-23(25)17(2)14-22/h7-12,14,16,18-19H,5-6,13,15H2,1-4H3,(H,26,28)/t16-,18+,19-/m1/s1. The Balaban J connectivity index is 1.56. The molecule has 156 valence electrons. The zero-order valence-corrected chi connectivity index (χ0v) is 18.5. The molecule has 1 N–H and O–H groups in total. The first-order valence-electron chi connectivity index (χ1n) is 10.4. The summed E-state index contributed by atoms with van der Waals surface area (Å²) in [4.78, 5) is 15.0. The van der Waals surface area contributed by atoms with Crippen LogP contribution in [-0.4, -0.2) is 25.1 Å². The van der Waals surface area contributed by atoms with Gasteiger partial charge >= 0.3 is 0 Å². The summed E-state index contributed by atoms with van der Waals surface area (Å²) >= 11 is 6.05. The van der Waals surface area contributed by atoms with E-state index in [2.05, 4.69) is 41.4 Å². The second-order valence-electron chi connectivity index (χ2n) is 8.19. The molecule has 0 aliphatic carbocycles. The van der Waals surface area contributed by atoms with E-state index in [1.54, 1.807) is 19.1 Å². The predicted octanol–water partition coefficient (Wildman–Crippen LogP) is 5.53. The van der Waals surface area contributed by atoms with Gasteiger partial charge in [0.25, 0.3) is 5.91 Å². The SMILES string of the molecule is Cc1cc(O[C@H](C)C(=O)N[C@@H](C)c2ccc(N3CCC[C@@H](C)C3)cc2)ccc1Cl. The molecule has 1 heterocycles. The topological polar surface area (TPSA) is 41.6 Å². The molecule has 0 saturated carbocycles. The first kappa shape index (κ1) is 21.5. The van der Waals surface area contributed by atoms with Crippen LogP contribution in [0.4, 0.5) is 5.69 Å². The molecule has 1 saturated heterocycles. The average Bonchev–Trinajstić information content (AvgIpc) is 2.70. The van der Waals surface area contributed by atoms with Crippen LogP contribution >= 0.6 is 11.6 Å². The van der Waals surface area contributed by atoms with Crippen molar-refractivity contribution in [2.24, 2.45) is 5.92 Å². The number of amides is 1. The maximum atomic E-state index is 12.6. The molecule has 2 aromatic rings. The van der Waals surface area contributed by atoms with Gasteiger partial charge in [0.15, 0.2) is 6.10 Å². The number of hydrogen-bond acceptors (Lipinski definition) is 3. The lowest BCUT2D eigenvalue weighted by atomic mass is 9.99. The van der Waals surface area contributed by atoms with Gasteiger partial charge < -0.3 is 15.0 Å². The van der Waals surface area contributed by atoms with Crippen LogP contribution in [0, 0.1) is 12.8 Å². The summed E-state index contributed by atoms with van der Waals surface area (Å²) in [6.07, 6.45) is 1.97. The molecule has 0 radical (unpaired) electrons. The number of aryl methyl sites for hydroxylation is 1. The Labute approximate surface area is 179 Å². The van der Waals surface area contributed by atoms with Crippen molar-refractivity contribution in [2.45, 2.75) is 52.7 Å². The van der Waals surface area contributed by atoms with Crippen LogP contribution < -0.4 is 15.0 Å². The van der Waals surface area contributed by atoms with Crippen LogP contribution in [0.1, 0.15) is 50.8 Å². The monoisotopic (exact) mass is 414 g/mol. The molecule has 1 amide bonds. The number of carbonyl (C=O) groups excluding carboxylic acids is 1. The maximum absolute atomic E-state index is 12.6. The lowest BCUT2D eigenvalue weighted by molar-refractivity contribution is -0.127.